The Bertz CT molecular complexity index is 911. The van der Waals surface area contributed by atoms with Crippen LogP contribution in [0.1, 0.15) is 73.8 Å². The van der Waals surface area contributed by atoms with Crippen molar-refractivity contribution >= 4 is 23.9 Å². The third-order valence-electron chi connectivity index (χ3n) is 5.62. The molecule has 0 heterocycles. The Balaban J connectivity index is 2.87. The van der Waals surface area contributed by atoms with Crippen molar-refractivity contribution in [3.8, 4) is 11.5 Å². The second-order valence-corrected chi connectivity index (χ2v) is 9.80. The number of rotatable bonds is 13. The van der Waals surface area contributed by atoms with E-state index in [1.807, 2.05) is 13.8 Å². The van der Waals surface area contributed by atoms with Crippen molar-refractivity contribution < 1.29 is 38.1 Å². The van der Waals surface area contributed by atoms with Gasteiger partial charge in [-0.15, -0.1) is 0 Å². The van der Waals surface area contributed by atoms with Gasteiger partial charge in [0, 0.05) is 6.42 Å². The lowest BCUT2D eigenvalue weighted by Crippen LogP contribution is -2.39. The molecule has 0 aliphatic heterocycles. The minimum absolute atomic E-state index is 0.0657. The molecule has 0 radical (unpaired) electrons. The van der Waals surface area contributed by atoms with E-state index in [2.05, 4.69) is 0 Å². The number of ether oxygens (including phenoxy) is 4. The summed E-state index contributed by atoms with van der Waals surface area (Å²) in [5.41, 5.74) is 6.65. The van der Waals surface area contributed by atoms with Gasteiger partial charge in [0.05, 0.1) is 11.8 Å². The van der Waals surface area contributed by atoms with Crippen LogP contribution in [-0.4, -0.2) is 42.1 Å². The van der Waals surface area contributed by atoms with E-state index in [0.717, 1.165) is 6.42 Å². The molecule has 0 saturated heterocycles. The van der Waals surface area contributed by atoms with E-state index in [0.29, 0.717) is 12.0 Å². The summed E-state index contributed by atoms with van der Waals surface area (Å²) in [7, 11) is 0. The number of carbonyl (C=O) groups is 4. The van der Waals surface area contributed by atoms with Crippen LogP contribution >= 0.6 is 0 Å². The van der Waals surface area contributed by atoms with E-state index in [4.69, 9.17) is 24.7 Å². The molecule has 1 aromatic carbocycles. The summed E-state index contributed by atoms with van der Waals surface area (Å²) < 4.78 is 21.6. The van der Waals surface area contributed by atoms with Gasteiger partial charge in [0.15, 0.2) is 11.5 Å². The number of hydrogen-bond acceptors (Lipinski definition) is 9. The molecule has 202 valence electrons. The molecule has 0 fully saturated rings. The van der Waals surface area contributed by atoms with E-state index in [1.165, 1.54) is 12.1 Å². The lowest BCUT2D eigenvalue weighted by Gasteiger charge is -2.23. The van der Waals surface area contributed by atoms with E-state index in [1.54, 1.807) is 47.6 Å². The molecule has 36 heavy (non-hydrogen) atoms. The summed E-state index contributed by atoms with van der Waals surface area (Å²) >= 11 is 0. The SMILES string of the molecule is CCC(C)CC(=O)O[C@@H](C)[C@H](C)OC(=O)[C@@H](N)Cc1ccc(OC(=O)C(C)C)c(OC(=O)C(C)C)c1. The van der Waals surface area contributed by atoms with Gasteiger partial charge in [0.2, 0.25) is 0 Å². The molecule has 9 heteroatoms. The number of nitrogens with two attached hydrogens (primary N) is 1. The molecule has 1 rings (SSSR count). The Kier molecular flexibility index (Phi) is 12.6. The summed E-state index contributed by atoms with van der Waals surface area (Å²) in [5, 5.41) is 0. The highest BCUT2D eigenvalue weighted by Crippen LogP contribution is 2.30. The van der Waals surface area contributed by atoms with Crippen LogP contribution in [0.2, 0.25) is 0 Å². The first-order valence-electron chi connectivity index (χ1n) is 12.5. The number of esters is 4. The van der Waals surface area contributed by atoms with Crippen LogP contribution < -0.4 is 15.2 Å². The Morgan fingerprint density at radius 1 is 0.778 bits per heavy atom. The second kappa shape index (κ2) is 14.6. The lowest BCUT2D eigenvalue weighted by atomic mass is 10.1. The molecule has 0 amide bonds. The number of hydrogen-bond donors (Lipinski definition) is 1. The molecule has 0 saturated carbocycles. The first kappa shape index (κ1) is 31.1. The molecule has 0 spiro atoms. The van der Waals surface area contributed by atoms with Crippen molar-refractivity contribution in [2.45, 2.75) is 92.9 Å². The predicted octanol–water partition coefficient (Wildman–Crippen LogP) is 3.98. The van der Waals surface area contributed by atoms with E-state index >= 15 is 0 Å². The maximum absolute atomic E-state index is 12.6. The van der Waals surface area contributed by atoms with Gasteiger partial charge < -0.3 is 24.7 Å². The molecular weight excluding hydrogens is 466 g/mol. The molecule has 0 aliphatic carbocycles. The zero-order valence-electron chi connectivity index (χ0n) is 22.7. The van der Waals surface area contributed by atoms with Crippen molar-refractivity contribution in [2.24, 2.45) is 23.5 Å². The van der Waals surface area contributed by atoms with Gasteiger partial charge in [-0.1, -0.05) is 54.0 Å². The Morgan fingerprint density at radius 2 is 1.31 bits per heavy atom. The molecule has 0 aliphatic rings. The number of benzene rings is 1. The zero-order chi connectivity index (χ0) is 27.6. The summed E-state index contributed by atoms with van der Waals surface area (Å²) in [6.45, 7) is 14.0. The Hall–Kier alpha value is -2.94. The van der Waals surface area contributed by atoms with E-state index in [9.17, 15) is 19.2 Å². The zero-order valence-corrected chi connectivity index (χ0v) is 22.7. The standard InChI is InChI=1S/C27H41NO8/c1-9-17(6)12-24(29)33-18(7)19(8)34-27(32)21(28)13-20-10-11-22(35-25(30)15(2)3)23(14-20)36-26(31)16(4)5/h10-11,14-19,21H,9,12-13,28H2,1-8H3/t17?,18-,19-,21-/m0/s1. The maximum Gasteiger partial charge on any atom is 0.323 e. The first-order valence-corrected chi connectivity index (χ1v) is 12.5. The first-order chi connectivity index (χ1) is 16.7. The summed E-state index contributed by atoms with van der Waals surface area (Å²) in [5.74, 6) is -2.38. The summed E-state index contributed by atoms with van der Waals surface area (Å²) in [6.07, 6.45) is -0.0759. The molecule has 1 unspecified atom stereocenters. The summed E-state index contributed by atoms with van der Waals surface area (Å²) in [6, 6.07) is 3.62. The maximum atomic E-state index is 12.6. The normalized spacial score (nSPS) is 14.5. The van der Waals surface area contributed by atoms with E-state index in [-0.39, 0.29) is 35.7 Å². The highest BCUT2D eigenvalue weighted by molar-refractivity contribution is 5.78. The average molecular weight is 508 g/mol. The monoisotopic (exact) mass is 507 g/mol. The molecule has 4 atom stereocenters. The Labute approximate surface area is 214 Å². The van der Waals surface area contributed by atoms with Crippen LogP contribution in [0.15, 0.2) is 18.2 Å². The fraction of sp³-hybridized carbons (Fsp3) is 0.630. The van der Waals surface area contributed by atoms with Crippen LogP contribution in [-0.2, 0) is 35.1 Å². The van der Waals surface area contributed by atoms with Crippen LogP contribution in [0, 0.1) is 17.8 Å². The topological polar surface area (TPSA) is 131 Å². The highest BCUT2D eigenvalue weighted by Gasteiger charge is 2.25. The molecule has 9 nitrogen and oxygen atoms in total. The quantitative estimate of drug-likeness (QED) is 0.311. The van der Waals surface area contributed by atoms with Crippen molar-refractivity contribution in [3.05, 3.63) is 23.8 Å². The van der Waals surface area contributed by atoms with Crippen molar-refractivity contribution in [3.63, 3.8) is 0 Å². The molecule has 1 aromatic rings. The van der Waals surface area contributed by atoms with Gasteiger partial charge in [-0.25, -0.2) is 0 Å². The van der Waals surface area contributed by atoms with Crippen LogP contribution in [0.5, 0.6) is 11.5 Å². The lowest BCUT2D eigenvalue weighted by molar-refractivity contribution is -0.166. The predicted molar refractivity (Wildman–Crippen MR) is 134 cm³/mol. The molecular formula is C27H41NO8. The van der Waals surface area contributed by atoms with Gasteiger partial charge in [-0.05, 0) is 43.9 Å². The second-order valence-electron chi connectivity index (χ2n) is 9.80. The van der Waals surface area contributed by atoms with Gasteiger partial charge in [-0.2, -0.15) is 0 Å². The fourth-order valence-electron chi connectivity index (χ4n) is 2.78. The fourth-order valence-corrected chi connectivity index (χ4v) is 2.78. The third kappa shape index (κ3) is 10.4. The van der Waals surface area contributed by atoms with Gasteiger partial charge in [0.25, 0.3) is 0 Å². The highest BCUT2D eigenvalue weighted by atomic mass is 16.6. The van der Waals surface area contributed by atoms with Crippen LogP contribution in [0.3, 0.4) is 0 Å². The summed E-state index contributed by atoms with van der Waals surface area (Å²) in [4.78, 5) is 48.8. The van der Waals surface area contributed by atoms with Crippen LogP contribution in [0.4, 0.5) is 0 Å². The largest absolute Gasteiger partial charge is 0.459 e. The van der Waals surface area contributed by atoms with Crippen molar-refractivity contribution in [1.29, 1.82) is 0 Å². The average Bonchev–Trinajstić information content (AvgIpc) is 2.79. The van der Waals surface area contributed by atoms with Gasteiger partial charge in [0.1, 0.15) is 18.2 Å². The van der Waals surface area contributed by atoms with Gasteiger partial charge in [-0.3, -0.25) is 19.2 Å². The minimum Gasteiger partial charge on any atom is -0.459 e. The van der Waals surface area contributed by atoms with E-state index < -0.39 is 42.1 Å². The molecule has 2 N–H and O–H groups in total. The van der Waals surface area contributed by atoms with Crippen molar-refractivity contribution in [2.75, 3.05) is 0 Å². The Morgan fingerprint density at radius 3 is 1.83 bits per heavy atom. The molecule has 0 bridgehead atoms. The minimum atomic E-state index is -1.02. The van der Waals surface area contributed by atoms with Crippen LogP contribution in [0.25, 0.3) is 0 Å². The third-order valence-corrected chi connectivity index (χ3v) is 5.62. The molecule has 0 aromatic heterocycles. The van der Waals surface area contributed by atoms with Gasteiger partial charge >= 0.3 is 23.9 Å². The van der Waals surface area contributed by atoms with Crippen molar-refractivity contribution in [1.82, 2.24) is 0 Å². The number of carbonyl (C=O) groups excluding carboxylic acids is 4. The smallest absolute Gasteiger partial charge is 0.323 e.